The zero-order chi connectivity index (χ0) is 14.5. The van der Waals surface area contributed by atoms with E-state index in [0.29, 0.717) is 5.56 Å². The van der Waals surface area contributed by atoms with Crippen LogP contribution in [0.25, 0.3) is 0 Å². The molecule has 2 aromatic carbocycles. The van der Waals surface area contributed by atoms with Gasteiger partial charge in [0.2, 0.25) is 0 Å². The van der Waals surface area contributed by atoms with Crippen molar-refractivity contribution in [2.24, 2.45) is 0 Å². The van der Waals surface area contributed by atoms with Gasteiger partial charge in [0.1, 0.15) is 6.61 Å². The van der Waals surface area contributed by atoms with Crippen molar-refractivity contribution in [1.82, 2.24) is 0 Å². The lowest BCUT2D eigenvalue weighted by molar-refractivity contribution is -0.136. The molecule has 104 valence electrons. The lowest BCUT2D eigenvalue weighted by atomic mass is 10.1. The highest BCUT2D eigenvalue weighted by Gasteiger charge is 2.07. The molecule has 0 aromatic heterocycles. The SMILES string of the molecule is O=C(O)Cc1ccc(COc2cccc(Cl)c2F)cc1. The maximum Gasteiger partial charge on any atom is 0.307 e. The van der Waals surface area contributed by atoms with Crippen LogP contribution in [0.1, 0.15) is 11.1 Å². The summed E-state index contributed by atoms with van der Waals surface area (Å²) in [4.78, 5) is 10.6. The Hall–Kier alpha value is -2.07. The molecule has 0 atom stereocenters. The van der Waals surface area contributed by atoms with E-state index in [-0.39, 0.29) is 23.8 Å². The zero-order valence-electron chi connectivity index (χ0n) is 10.5. The lowest BCUT2D eigenvalue weighted by Gasteiger charge is -2.08. The first-order valence-electron chi connectivity index (χ1n) is 5.92. The first-order valence-corrected chi connectivity index (χ1v) is 6.30. The largest absolute Gasteiger partial charge is 0.486 e. The summed E-state index contributed by atoms with van der Waals surface area (Å²) in [6.45, 7) is 0.185. The second-order valence-electron chi connectivity index (χ2n) is 4.23. The van der Waals surface area contributed by atoms with Gasteiger partial charge in [-0.15, -0.1) is 0 Å². The number of carboxylic acids is 1. The summed E-state index contributed by atoms with van der Waals surface area (Å²) >= 11 is 5.65. The molecular weight excluding hydrogens is 283 g/mol. The molecule has 0 aliphatic heterocycles. The third kappa shape index (κ3) is 3.71. The van der Waals surface area contributed by atoms with Crippen molar-refractivity contribution in [3.8, 4) is 5.75 Å². The van der Waals surface area contributed by atoms with E-state index in [1.54, 1.807) is 30.3 Å². The summed E-state index contributed by atoms with van der Waals surface area (Å²) in [5.74, 6) is -1.38. The van der Waals surface area contributed by atoms with Crippen LogP contribution in [0.4, 0.5) is 4.39 Å². The van der Waals surface area contributed by atoms with E-state index >= 15 is 0 Å². The molecular formula is C15H12ClFO3. The molecule has 0 bridgehead atoms. The first kappa shape index (κ1) is 14.3. The number of hydrogen-bond donors (Lipinski definition) is 1. The number of carboxylic acid groups (broad SMARTS) is 1. The van der Waals surface area contributed by atoms with E-state index in [1.807, 2.05) is 0 Å². The molecule has 0 spiro atoms. The molecule has 2 rings (SSSR count). The summed E-state index contributed by atoms with van der Waals surface area (Å²) in [5, 5.41) is 8.68. The van der Waals surface area contributed by atoms with E-state index in [0.717, 1.165) is 5.56 Å². The van der Waals surface area contributed by atoms with Crippen molar-refractivity contribution in [3.05, 3.63) is 64.4 Å². The number of carbonyl (C=O) groups is 1. The van der Waals surface area contributed by atoms with Crippen LogP contribution >= 0.6 is 11.6 Å². The van der Waals surface area contributed by atoms with Gasteiger partial charge in [-0.25, -0.2) is 4.39 Å². The Morgan fingerprint density at radius 2 is 1.80 bits per heavy atom. The Morgan fingerprint density at radius 3 is 2.45 bits per heavy atom. The van der Waals surface area contributed by atoms with Gasteiger partial charge in [-0.1, -0.05) is 41.9 Å². The van der Waals surface area contributed by atoms with Crippen LogP contribution in [0.2, 0.25) is 5.02 Å². The molecule has 3 nitrogen and oxygen atoms in total. The predicted octanol–water partition coefficient (Wildman–Crippen LogP) is 3.69. The van der Waals surface area contributed by atoms with E-state index in [9.17, 15) is 9.18 Å². The normalized spacial score (nSPS) is 10.3. The van der Waals surface area contributed by atoms with Crippen LogP contribution in [0.3, 0.4) is 0 Å². The third-order valence-electron chi connectivity index (χ3n) is 2.69. The van der Waals surface area contributed by atoms with Gasteiger partial charge < -0.3 is 9.84 Å². The van der Waals surface area contributed by atoms with E-state index in [4.69, 9.17) is 21.4 Å². The van der Waals surface area contributed by atoms with Crippen LogP contribution in [0.15, 0.2) is 42.5 Å². The smallest absolute Gasteiger partial charge is 0.307 e. The summed E-state index contributed by atoms with van der Waals surface area (Å²) in [7, 11) is 0. The van der Waals surface area contributed by atoms with Crippen LogP contribution in [-0.4, -0.2) is 11.1 Å². The fourth-order valence-electron chi connectivity index (χ4n) is 1.68. The molecule has 0 aliphatic carbocycles. The minimum Gasteiger partial charge on any atom is -0.486 e. The van der Waals surface area contributed by atoms with Gasteiger partial charge in [-0.3, -0.25) is 4.79 Å². The van der Waals surface area contributed by atoms with E-state index in [2.05, 4.69) is 0 Å². The summed E-state index contributed by atoms with van der Waals surface area (Å²) < 4.78 is 18.9. The van der Waals surface area contributed by atoms with Crippen LogP contribution in [-0.2, 0) is 17.8 Å². The van der Waals surface area contributed by atoms with E-state index in [1.165, 1.54) is 12.1 Å². The molecule has 20 heavy (non-hydrogen) atoms. The highest BCUT2D eigenvalue weighted by Crippen LogP contribution is 2.24. The molecule has 0 saturated carbocycles. The highest BCUT2D eigenvalue weighted by atomic mass is 35.5. The molecule has 0 aliphatic rings. The maximum atomic E-state index is 13.6. The number of hydrogen-bond acceptors (Lipinski definition) is 2. The van der Waals surface area contributed by atoms with Gasteiger partial charge in [-0.2, -0.15) is 0 Å². The molecule has 5 heteroatoms. The fourth-order valence-corrected chi connectivity index (χ4v) is 1.85. The Morgan fingerprint density at radius 1 is 1.15 bits per heavy atom. The fraction of sp³-hybridized carbons (Fsp3) is 0.133. The topological polar surface area (TPSA) is 46.5 Å². The molecule has 0 heterocycles. The number of ether oxygens (including phenoxy) is 1. The summed E-state index contributed by atoms with van der Waals surface area (Å²) in [6.07, 6.45) is -0.0238. The van der Waals surface area contributed by atoms with Gasteiger partial charge >= 0.3 is 5.97 Å². The Bertz CT molecular complexity index is 611. The molecule has 0 saturated heterocycles. The van der Waals surface area contributed by atoms with Gasteiger partial charge in [0.05, 0.1) is 11.4 Å². The second-order valence-corrected chi connectivity index (χ2v) is 4.63. The first-order chi connectivity index (χ1) is 9.56. The summed E-state index contributed by atoms with van der Waals surface area (Å²) in [6, 6.07) is 11.5. The second kappa shape index (κ2) is 6.39. The minimum atomic E-state index is -0.880. The van der Waals surface area contributed by atoms with Crippen LogP contribution in [0, 0.1) is 5.82 Å². The van der Waals surface area contributed by atoms with Gasteiger partial charge in [0.25, 0.3) is 0 Å². The zero-order valence-corrected chi connectivity index (χ0v) is 11.2. The third-order valence-corrected chi connectivity index (χ3v) is 2.98. The molecule has 1 N–H and O–H groups in total. The Labute approximate surface area is 120 Å². The average Bonchev–Trinajstić information content (AvgIpc) is 2.41. The molecule has 0 amide bonds. The van der Waals surface area contributed by atoms with Crippen LogP contribution in [0.5, 0.6) is 5.75 Å². The van der Waals surface area contributed by atoms with Gasteiger partial charge in [0.15, 0.2) is 11.6 Å². The van der Waals surface area contributed by atoms with Gasteiger partial charge in [0, 0.05) is 0 Å². The van der Waals surface area contributed by atoms with Crippen LogP contribution < -0.4 is 4.74 Å². The van der Waals surface area contributed by atoms with Crippen molar-refractivity contribution in [1.29, 1.82) is 0 Å². The number of halogens is 2. The molecule has 0 unspecified atom stereocenters. The predicted molar refractivity (Wildman–Crippen MR) is 73.5 cm³/mol. The number of benzene rings is 2. The molecule has 2 aromatic rings. The number of aliphatic carboxylic acids is 1. The van der Waals surface area contributed by atoms with Crippen molar-refractivity contribution >= 4 is 17.6 Å². The van der Waals surface area contributed by atoms with Gasteiger partial charge in [-0.05, 0) is 23.3 Å². The monoisotopic (exact) mass is 294 g/mol. The van der Waals surface area contributed by atoms with Crippen molar-refractivity contribution in [3.63, 3.8) is 0 Å². The van der Waals surface area contributed by atoms with Crippen molar-refractivity contribution in [2.75, 3.05) is 0 Å². The highest BCUT2D eigenvalue weighted by molar-refractivity contribution is 6.30. The Kier molecular flexibility index (Phi) is 4.58. The quantitative estimate of drug-likeness (QED) is 0.915. The maximum absolute atomic E-state index is 13.6. The summed E-state index contributed by atoms with van der Waals surface area (Å²) in [5.41, 5.74) is 1.52. The van der Waals surface area contributed by atoms with E-state index < -0.39 is 11.8 Å². The molecule has 0 radical (unpaired) electrons. The minimum absolute atomic E-state index is 0.0132. The number of rotatable bonds is 5. The Balaban J connectivity index is 2.00. The molecule has 0 fully saturated rings. The van der Waals surface area contributed by atoms with Crippen molar-refractivity contribution < 1.29 is 19.0 Å². The average molecular weight is 295 g/mol. The van der Waals surface area contributed by atoms with Crippen molar-refractivity contribution in [2.45, 2.75) is 13.0 Å². The standard InChI is InChI=1S/C15H12ClFO3/c16-12-2-1-3-13(15(12)17)20-9-11-6-4-10(5-7-11)8-14(18)19/h1-7H,8-9H2,(H,18,19). The lowest BCUT2D eigenvalue weighted by Crippen LogP contribution is -2.01.